The number of nitrogens with one attached hydrogen (secondary N) is 1. The van der Waals surface area contributed by atoms with Crippen molar-refractivity contribution in [2.45, 2.75) is 31.7 Å². The third-order valence-corrected chi connectivity index (χ3v) is 3.22. The van der Waals surface area contributed by atoms with Crippen molar-refractivity contribution < 1.29 is 0 Å². The molecular weight excluding hydrogens is 229 g/mol. The number of halogens is 2. The van der Waals surface area contributed by atoms with Crippen LogP contribution in [-0.2, 0) is 6.42 Å². The highest BCUT2D eigenvalue weighted by Gasteiger charge is 2.27. The highest BCUT2D eigenvalue weighted by molar-refractivity contribution is 6.30. The maximum absolute atomic E-state index is 5.85. The molecule has 0 aliphatic carbocycles. The molecule has 1 atom stereocenters. The molecule has 0 radical (unpaired) electrons. The summed E-state index contributed by atoms with van der Waals surface area (Å²) >= 11 is 5.85. The molecule has 1 aromatic rings. The summed E-state index contributed by atoms with van der Waals surface area (Å²) in [5, 5.41) is 4.38. The lowest BCUT2D eigenvalue weighted by Gasteiger charge is -2.24. The van der Waals surface area contributed by atoms with E-state index in [1.807, 2.05) is 12.1 Å². The van der Waals surface area contributed by atoms with Crippen molar-refractivity contribution in [1.82, 2.24) is 5.32 Å². The average molecular weight is 246 g/mol. The minimum absolute atomic E-state index is 0. The lowest BCUT2D eigenvalue weighted by molar-refractivity contribution is 0.412. The number of hydrogen-bond donors (Lipinski definition) is 1. The van der Waals surface area contributed by atoms with Crippen molar-refractivity contribution in [1.29, 1.82) is 0 Å². The van der Waals surface area contributed by atoms with Gasteiger partial charge in [-0.3, -0.25) is 0 Å². The van der Waals surface area contributed by atoms with Gasteiger partial charge in [-0.25, -0.2) is 0 Å². The van der Waals surface area contributed by atoms with Crippen LogP contribution in [0, 0.1) is 0 Å². The standard InChI is InChI=1S/C12H16ClN.ClH/c1-12(7-2-8-14-12)9-10-3-5-11(13)6-4-10;/h3-6,14H,2,7-9H2,1H3;1H. The Morgan fingerprint density at radius 1 is 1.33 bits per heavy atom. The molecule has 1 aliphatic rings. The predicted octanol–water partition coefficient (Wildman–Crippen LogP) is 3.45. The van der Waals surface area contributed by atoms with Gasteiger partial charge in [0.2, 0.25) is 0 Å². The summed E-state index contributed by atoms with van der Waals surface area (Å²) in [6.07, 6.45) is 3.67. The minimum Gasteiger partial charge on any atom is -0.311 e. The van der Waals surface area contributed by atoms with Gasteiger partial charge in [0.15, 0.2) is 0 Å². The molecular formula is C12H17Cl2N. The van der Waals surface area contributed by atoms with Gasteiger partial charge in [-0.05, 0) is 50.4 Å². The van der Waals surface area contributed by atoms with Crippen molar-refractivity contribution in [2.75, 3.05) is 6.54 Å². The minimum atomic E-state index is 0. The second kappa shape index (κ2) is 5.20. The third-order valence-electron chi connectivity index (χ3n) is 2.96. The summed E-state index contributed by atoms with van der Waals surface area (Å²) in [6.45, 7) is 3.46. The molecule has 1 saturated heterocycles. The van der Waals surface area contributed by atoms with E-state index in [0.29, 0.717) is 5.54 Å². The zero-order chi connectivity index (χ0) is 10.0. The second-order valence-electron chi connectivity index (χ2n) is 4.39. The molecule has 0 saturated carbocycles. The molecule has 2 rings (SSSR count). The first-order valence-corrected chi connectivity index (χ1v) is 5.55. The van der Waals surface area contributed by atoms with Gasteiger partial charge in [0.1, 0.15) is 0 Å². The van der Waals surface area contributed by atoms with Gasteiger partial charge in [-0.1, -0.05) is 23.7 Å². The van der Waals surface area contributed by atoms with Crippen LogP contribution < -0.4 is 5.32 Å². The first kappa shape index (κ1) is 12.8. The van der Waals surface area contributed by atoms with E-state index < -0.39 is 0 Å². The van der Waals surface area contributed by atoms with E-state index in [0.717, 1.165) is 18.0 Å². The Kier molecular flexibility index (Phi) is 4.45. The first-order chi connectivity index (χ1) is 6.68. The van der Waals surface area contributed by atoms with Gasteiger partial charge in [0.25, 0.3) is 0 Å². The van der Waals surface area contributed by atoms with E-state index in [4.69, 9.17) is 11.6 Å². The molecule has 15 heavy (non-hydrogen) atoms. The summed E-state index contributed by atoms with van der Waals surface area (Å²) in [7, 11) is 0. The fourth-order valence-corrected chi connectivity index (χ4v) is 2.29. The number of hydrogen-bond acceptors (Lipinski definition) is 1. The van der Waals surface area contributed by atoms with E-state index in [9.17, 15) is 0 Å². The van der Waals surface area contributed by atoms with Crippen LogP contribution in [0.1, 0.15) is 25.3 Å². The second-order valence-corrected chi connectivity index (χ2v) is 4.83. The van der Waals surface area contributed by atoms with E-state index in [2.05, 4.69) is 24.4 Å². The van der Waals surface area contributed by atoms with Gasteiger partial charge < -0.3 is 5.32 Å². The van der Waals surface area contributed by atoms with Crippen molar-refractivity contribution in [3.8, 4) is 0 Å². The molecule has 1 heterocycles. The van der Waals surface area contributed by atoms with Crippen molar-refractivity contribution in [3.05, 3.63) is 34.9 Å². The highest BCUT2D eigenvalue weighted by Crippen LogP contribution is 2.23. The molecule has 0 bridgehead atoms. The van der Waals surface area contributed by atoms with Gasteiger partial charge in [0.05, 0.1) is 0 Å². The summed E-state index contributed by atoms with van der Waals surface area (Å²) < 4.78 is 0. The molecule has 0 aromatic heterocycles. The van der Waals surface area contributed by atoms with Crippen LogP contribution in [0.3, 0.4) is 0 Å². The molecule has 0 spiro atoms. The Hall–Kier alpha value is -0.240. The van der Waals surface area contributed by atoms with E-state index in [1.165, 1.54) is 18.4 Å². The maximum Gasteiger partial charge on any atom is 0.0406 e. The van der Waals surface area contributed by atoms with Crippen LogP contribution in [0.25, 0.3) is 0 Å². The Labute approximate surface area is 103 Å². The Morgan fingerprint density at radius 3 is 2.53 bits per heavy atom. The smallest absolute Gasteiger partial charge is 0.0406 e. The molecule has 1 unspecified atom stereocenters. The Balaban J connectivity index is 0.00000112. The van der Waals surface area contributed by atoms with Crippen LogP contribution in [0.2, 0.25) is 5.02 Å². The SMILES string of the molecule is CC1(Cc2ccc(Cl)cc2)CCCN1.Cl. The summed E-state index contributed by atoms with van der Waals surface area (Å²) in [6, 6.07) is 8.17. The molecule has 1 fully saturated rings. The summed E-state index contributed by atoms with van der Waals surface area (Å²) in [4.78, 5) is 0. The highest BCUT2D eigenvalue weighted by atomic mass is 35.5. The largest absolute Gasteiger partial charge is 0.311 e. The Morgan fingerprint density at radius 2 is 2.00 bits per heavy atom. The average Bonchev–Trinajstić information content (AvgIpc) is 2.57. The van der Waals surface area contributed by atoms with E-state index in [1.54, 1.807) is 0 Å². The Bertz CT molecular complexity index is 302. The normalized spacial score (nSPS) is 24.9. The lowest BCUT2D eigenvalue weighted by Crippen LogP contribution is -2.38. The van der Waals surface area contributed by atoms with Crippen molar-refractivity contribution >= 4 is 24.0 Å². The van der Waals surface area contributed by atoms with Crippen LogP contribution in [0.4, 0.5) is 0 Å². The monoisotopic (exact) mass is 245 g/mol. The van der Waals surface area contributed by atoms with Crippen LogP contribution in [0.5, 0.6) is 0 Å². The van der Waals surface area contributed by atoms with Gasteiger partial charge in [-0.15, -0.1) is 12.4 Å². The molecule has 1 aromatic carbocycles. The fraction of sp³-hybridized carbons (Fsp3) is 0.500. The topological polar surface area (TPSA) is 12.0 Å². The maximum atomic E-state index is 5.85. The van der Waals surface area contributed by atoms with Crippen molar-refractivity contribution in [2.24, 2.45) is 0 Å². The third kappa shape index (κ3) is 3.37. The zero-order valence-electron chi connectivity index (χ0n) is 8.92. The quantitative estimate of drug-likeness (QED) is 0.842. The van der Waals surface area contributed by atoms with Gasteiger partial charge in [0, 0.05) is 10.6 Å². The van der Waals surface area contributed by atoms with Crippen molar-refractivity contribution in [3.63, 3.8) is 0 Å². The zero-order valence-corrected chi connectivity index (χ0v) is 10.5. The lowest BCUT2D eigenvalue weighted by atomic mass is 9.91. The number of benzene rings is 1. The summed E-state index contributed by atoms with van der Waals surface area (Å²) in [5.74, 6) is 0. The fourth-order valence-electron chi connectivity index (χ4n) is 2.16. The van der Waals surface area contributed by atoms with Gasteiger partial charge >= 0.3 is 0 Å². The molecule has 1 N–H and O–H groups in total. The number of rotatable bonds is 2. The van der Waals surface area contributed by atoms with Crippen LogP contribution in [-0.4, -0.2) is 12.1 Å². The first-order valence-electron chi connectivity index (χ1n) is 5.17. The van der Waals surface area contributed by atoms with Crippen LogP contribution in [0.15, 0.2) is 24.3 Å². The molecule has 1 aliphatic heterocycles. The molecule has 0 amide bonds. The van der Waals surface area contributed by atoms with Gasteiger partial charge in [-0.2, -0.15) is 0 Å². The van der Waals surface area contributed by atoms with E-state index in [-0.39, 0.29) is 12.4 Å². The molecule has 1 nitrogen and oxygen atoms in total. The molecule has 3 heteroatoms. The van der Waals surface area contributed by atoms with Crippen LogP contribution >= 0.6 is 24.0 Å². The summed E-state index contributed by atoms with van der Waals surface area (Å²) in [5.41, 5.74) is 1.67. The molecule has 84 valence electrons. The predicted molar refractivity (Wildman–Crippen MR) is 68.0 cm³/mol. The van der Waals surface area contributed by atoms with E-state index >= 15 is 0 Å².